The molecule has 0 N–H and O–H groups in total. The molecule has 0 unspecified atom stereocenters. The molecule has 0 radical (unpaired) electrons. The van der Waals surface area contributed by atoms with Crippen LogP contribution in [0.15, 0.2) is 21.2 Å². The molecule has 0 aliphatic rings. The van der Waals surface area contributed by atoms with Crippen LogP contribution >= 0.6 is 39.1 Å². The van der Waals surface area contributed by atoms with Crippen molar-refractivity contribution < 1.29 is 4.42 Å². The highest BCUT2D eigenvalue weighted by Crippen LogP contribution is 2.31. The Bertz CT molecular complexity index is 713. The van der Waals surface area contributed by atoms with E-state index in [9.17, 15) is 0 Å². The molecule has 0 spiro atoms. The summed E-state index contributed by atoms with van der Waals surface area (Å²) in [6.45, 7) is 0. The zero-order valence-corrected chi connectivity index (χ0v) is 10.6. The summed E-state index contributed by atoms with van der Waals surface area (Å²) in [7, 11) is 0. The van der Waals surface area contributed by atoms with Crippen molar-refractivity contribution in [3.05, 3.63) is 27.2 Å². The molecule has 0 amide bonds. The van der Waals surface area contributed by atoms with Gasteiger partial charge in [-0.25, -0.2) is 15.0 Å². The Kier molecular flexibility index (Phi) is 2.27. The fourth-order valence-corrected chi connectivity index (χ4v) is 2.20. The molecular formula is C9H2BrCl2N3O. The van der Waals surface area contributed by atoms with E-state index in [0.717, 1.165) is 9.86 Å². The number of nitrogens with zero attached hydrogens (tertiary/aromatic N) is 3. The third kappa shape index (κ3) is 1.47. The fraction of sp³-hybridized carbons (Fsp3) is 0. The maximum atomic E-state index is 5.90. The minimum absolute atomic E-state index is 0.0835. The summed E-state index contributed by atoms with van der Waals surface area (Å²) in [5, 5.41) is 1.01. The summed E-state index contributed by atoms with van der Waals surface area (Å²) >= 11 is 15.0. The first kappa shape index (κ1) is 10.3. The van der Waals surface area contributed by atoms with E-state index in [1.807, 2.05) is 6.07 Å². The van der Waals surface area contributed by atoms with E-state index >= 15 is 0 Å². The number of aromatic nitrogens is 3. The summed E-state index contributed by atoms with van der Waals surface area (Å²) in [5.41, 5.74) is 1.41. The van der Waals surface area contributed by atoms with Gasteiger partial charge in [0.25, 0.3) is 0 Å². The average molecular weight is 319 g/mol. The van der Waals surface area contributed by atoms with Crippen LogP contribution in [-0.2, 0) is 0 Å². The Morgan fingerprint density at radius 1 is 1.25 bits per heavy atom. The van der Waals surface area contributed by atoms with Crippen LogP contribution in [0.4, 0.5) is 0 Å². The lowest BCUT2D eigenvalue weighted by Gasteiger charge is -1.92. The summed E-state index contributed by atoms with van der Waals surface area (Å²) in [6, 6.07) is 1.84. The molecule has 0 aromatic carbocycles. The van der Waals surface area contributed by atoms with Gasteiger partial charge in [-0.05, 0) is 33.6 Å². The summed E-state index contributed by atoms with van der Waals surface area (Å²) < 4.78 is 6.27. The maximum absolute atomic E-state index is 5.90. The van der Waals surface area contributed by atoms with Gasteiger partial charge in [-0.3, -0.25) is 0 Å². The predicted octanol–water partition coefficient (Wildman–Crippen LogP) is 3.84. The van der Waals surface area contributed by atoms with Gasteiger partial charge in [0.1, 0.15) is 5.52 Å². The highest BCUT2D eigenvalue weighted by molar-refractivity contribution is 9.10. The van der Waals surface area contributed by atoms with Crippen molar-refractivity contribution in [2.45, 2.75) is 0 Å². The topological polar surface area (TPSA) is 51.8 Å². The number of hydrogen-bond acceptors (Lipinski definition) is 4. The number of halogens is 3. The van der Waals surface area contributed by atoms with Gasteiger partial charge in [0.2, 0.25) is 11.0 Å². The molecule has 7 heteroatoms. The minimum Gasteiger partial charge on any atom is -0.433 e. The molecule has 3 aromatic heterocycles. The summed E-state index contributed by atoms with van der Waals surface area (Å²) in [6.07, 6.45) is 1.63. The highest BCUT2D eigenvalue weighted by atomic mass is 79.9. The zero-order valence-electron chi connectivity index (χ0n) is 7.54. The molecule has 0 saturated carbocycles. The van der Waals surface area contributed by atoms with Crippen LogP contribution in [0.1, 0.15) is 0 Å². The predicted molar refractivity (Wildman–Crippen MR) is 64.8 cm³/mol. The van der Waals surface area contributed by atoms with Gasteiger partial charge in [0.05, 0.1) is 5.39 Å². The normalized spacial score (nSPS) is 11.4. The Balaban J connectivity index is 2.57. The SMILES string of the molecule is Clc1nc(Cl)c2oc3ncc(Br)cc3c2n1. The van der Waals surface area contributed by atoms with Crippen LogP contribution in [0.25, 0.3) is 22.2 Å². The molecule has 16 heavy (non-hydrogen) atoms. The Labute approximate surface area is 108 Å². The lowest BCUT2D eigenvalue weighted by molar-refractivity contribution is 0.651. The molecule has 0 fully saturated rings. The van der Waals surface area contributed by atoms with Gasteiger partial charge in [0.15, 0.2) is 10.7 Å². The molecule has 0 aliphatic carbocycles. The number of furan rings is 1. The second-order valence-corrected chi connectivity index (χ2v) is 4.68. The van der Waals surface area contributed by atoms with Gasteiger partial charge in [-0.15, -0.1) is 0 Å². The fourth-order valence-electron chi connectivity index (χ4n) is 1.44. The molecule has 0 atom stereocenters. The van der Waals surface area contributed by atoms with Crippen molar-refractivity contribution in [2.75, 3.05) is 0 Å². The van der Waals surface area contributed by atoms with Crippen LogP contribution < -0.4 is 0 Å². The van der Waals surface area contributed by atoms with Crippen LogP contribution in [0.3, 0.4) is 0 Å². The number of pyridine rings is 1. The Morgan fingerprint density at radius 3 is 2.88 bits per heavy atom. The quantitative estimate of drug-likeness (QED) is 0.467. The molecule has 3 heterocycles. The monoisotopic (exact) mass is 317 g/mol. The third-order valence-corrected chi connectivity index (χ3v) is 2.93. The first-order chi connectivity index (χ1) is 7.65. The molecule has 0 saturated heterocycles. The second-order valence-electron chi connectivity index (χ2n) is 3.07. The van der Waals surface area contributed by atoms with Crippen molar-refractivity contribution in [2.24, 2.45) is 0 Å². The summed E-state index contributed by atoms with van der Waals surface area (Å²) in [5.74, 6) is 0. The van der Waals surface area contributed by atoms with Crippen LogP contribution in [0.5, 0.6) is 0 Å². The molecule has 3 aromatic rings. The Morgan fingerprint density at radius 2 is 2.06 bits per heavy atom. The zero-order chi connectivity index (χ0) is 11.3. The van der Waals surface area contributed by atoms with Crippen LogP contribution in [0.2, 0.25) is 10.4 Å². The average Bonchev–Trinajstić information content (AvgIpc) is 2.57. The Hall–Kier alpha value is -0.910. The van der Waals surface area contributed by atoms with Crippen molar-refractivity contribution in [1.29, 1.82) is 0 Å². The van der Waals surface area contributed by atoms with Crippen molar-refractivity contribution >= 4 is 61.3 Å². The van der Waals surface area contributed by atoms with Gasteiger partial charge in [0, 0.05) is 10.7 Å². The largest absolute Gasteiger partial charge is 0.433 e. The molecule has 3 rings (SSSR count). The van der Waals surface area contributed by atoms with Gasteiger partial charge >= 0.3 is 0 Å². The number of fused-ring (bicyclic) bond motifs is 3. The standard InChI is InChI=1S/C9H2BrCl2N3O/c10-3-1-4-5-6(16-8(4)13-2-3)7(11)15-9(12)14-5/h1-2H. The molecule has 0 aliphatic heterocycles. The molecule has 0 bridgehead atoms. The van der Waals surface area contributed by atoms with Crippen LogP contribution in [-0.4, -0.2) is 15.0 Å². The van der Waals surface area contributed by atoms with E-state index in [2.05, 4.69) is 30.9 Å². The molecule has 80 valence electrons. The number of hydrogen-bond donors (Lipinski definition) is 0. The van der Waals surface area contributed by atoms with Gasteiger partial charge in [-0.2, -0.15) is 0 Å². The molecular weight excluding hydrogens is 317 g/mol. The minimum atomic E-state index is 0.0835. The van der Waals surface area contributed by atoms with Gasteiger partial charge < -0.3 is 4.42 Å². The lowest BCUT2D eigenvalue weighted by atomic mass is 10.3. The third-order valence-electron chi connectivity index (χ3n) is 2.07. The molecule has 4 nitrogen and oxygen atoms in total. The first-order valence-electron chi connectivity index (χ1n) is 4.22. The second kappa shape index (κ2) is 3.55. The smallest absolute Gasteiger partial charge is 0.229 e. The van der Waals surface area contributed by atoms with Crippen molar-refractivity contribution in [1.82, 2.24) is 15.0 Å². The van der Waals surface area contributed by atoms with E-state index in [1.165, 1.54) is 0 Å². The van der Waals surface area contributed by atoms with E-state index in [-0.39, 0.29) is 10.4 Å². The first-order valence-corrected chi connectivity index (χ1v) is 5.77. The van der Waals surface area contributed by atoms with E-state index < -0.39 is 0 Å². The maximum Gasteiger partial charge on any atom is 0.229 e. The summed E-state index contributed by atoms with van der Waals surface area (Å²) in [4.78, 5) is 12.0. The van der Waals surface area contributed by atoms with Crippen LogP contribution in [0, 0.1) is 0 Å². The van der Waals surface area contributed by atoms with Crippen molar-refractivity contribution in [3.8, 4) is 0 Å². The van der Waals surface area contributed by atoms with E-state index in [4.69, 9.17) is 27.6 Å². The lowest BCUT2D eigenvalue weighted by Crippen LogP contribution is -1.83. The van der Waals surface area contributed by atoms with Gasteiger partial charge in [-0.1, -0.05) is 11.6 Å². The van der Waals surface area contributed by atoms with E-state index in [1.54, 1.807) is 6.20 Å². The van der Waals surface area contributed by atoms with Crippen molar-refractivity contribution in [3.63, 3.8) is 0 Å². The number of rotatable bonds is 0. The highest BCUT2D eigenvalue weighted by Gasteiger charge is 2.14. The van der Waals surface area contributed by atoms with E-state index in [0.29, 0.717) is 16.8 Å².